The lowest BCUT2D eigenvalue weighted by atomic mass is 10.1. The fraction of sp³-hybridized carbons (Fsp3) is 0.467. The minimum Gasteiger partial charge on any atom is -0.481 e. The Morgan fingerprint density at radius 1 is 1.45 bits per heavy atom. The van der Waals surface area contributed by atoms with E-state index in [1.807, 2.05) is 0 Å². The van der Waals surface area contributed by atoms with Gasteiger partial charge >= 0.3 is 5.97 Å². The van der Waals surface area contributed by atoms with Gasteiger partial charge in [-0.3, -0.25) is 9.59 Å². The maximum atomic E-state index is 13.1. The van der Waals surface area contributed by atoms with E-state index >= 15 is 0 Å². The van der Waals surface area contributed by atoms with Crippen LogP contribution in [-0.4, -0.2) is 34.5 Å². The number of hydrogen-bond donors (Lipinski definition) is 1. The molecule has 1 aliphatic carbocycles. The molecule has 1 atom stereocenters. The molecule has 1 unspecified atom stereocenters. The number of carboxylic acids is 1. The van der Waals surface area contributed by atoms with Gasteiger partial charge in [-0.15, -0.1) is 0 Å². The standard InChI is InChI=1S/C15H18FNO3/c1-9-7-11(16)3-6-13(9)14(18)17(12-4-5-12)8-10(2)15(19)20/h3,6-7,10,12H,4-5,8H2,1-2H3,(H,19,20). The van der Waals surface area contributed by atoms with Crippen molar-refractivity contribution in [1.29, 1.82) is 0 Å². The van der Waals surface area contributed by atoms with Crippen molar-refractivity contribution >= 4 is 11.9 Å². The molecule has 108 valence electrons. The smallest absolute Gasteiger partial charge is 0.308 e. The van der Waals surface area contributed by atoms with Gasteiger partial charge in [0.2, 0.25) is 0 Å². The fourth-order valence-electron chi connectivity index (χ4n) is 2.18. The number of rotatable bonds is 5. The summed E-state index contributed by atoms with van der Waals surface area (Å²) < 4.78 is 13.1. The molecule has 1 N–H and O–H groups in total. The number of hydrogen-bond acceptors (Lipinski definition) is 2. The molecular formula is C15H18FNO3. The second-order valence-electron chi connectivity index (χ2n) is 5.39. The number of aliphatic carboxylic acids is 1. The topological polar surface area (TPSA) is 57.6 Å². The molecule has 0 spiro atoms. The molecule has 0 aromatic heterocycles. The second-order valence-corrected chi connectivity index (χ2v) is 5.39. The van der Waals surface area contributed by atoms with Crippen molar-refractivity contribution in [2.75, 3.05) is 6.54 Å². The summed E-state index contributed by atoms with van der Waals surface area (Å²) in [6, 6.07) is 4.16. The second kappa shape index (κ2) is 5.61. The van der Waals surface area contributed by atoms with Crippen LogP contribution in [0.4, 0.5) is 4.39 Å². The first kappa shape index (κ1) is 14.5. The number of halogens is 1. The van der Waals surface area contributed by atoms with Crippen LogP contribution in [-0.2, 0) is 4.79 Å². The highest BCUT2D eigenvalue weighted by atomic mass is 19.1. The Labute approximate surface area is 117 Å². The lowest BCUT2D eigenvalue weighted by Gasteiger charge is -2.25. The molecule has 4 nitrogen and oxygen atoms in total. The predicted octanol–water partition coefficient (Wildman–Crippen LogP) is 2.46. The average molecular weight is 279 g/mol. The van der Waals surface area contributed by atoms with Crippen molar-refractivity contribution in [2.24, 2.45) is 5.92 Å². The maximum Gasteiger partial charge on any atom is 0.308 e. The largest absolute Gasteiger partial charge is 0.481 e. The van der Waals surface area contributed by atoms with E-state index in [0.717, 1.165) is 12.8 Å². The normalized spacial score (nSPS) is 15.8. The first-order valence-corrected chi connectivity index (χ1v) is 6.70. The zero-order valence-corrected chi connectivity index (χ0v) is 11.6. The Morgan fingerprint density at radius 2 is 2.10 bits per heavy atom. The van der Waals surface area contributed by atoms with Crippen LogP contribution >= 0.6 is 0 Å². The molecular weight excluding hydrogens is 261 g/mol. The van der Waals surface area contributed by atoms with Crippen molar-refractivity contribution in [2.45, 2.75) is 32.7 Å². The summed E-state index contributed by atoms with van der Waals surface area (Å²) in [6.45, 7) is 3.46. The van der Waals surface area contributed by atoms with Crippen LogP contribution in [0.15, 0.2) is 18.2 Å². The van der Waals surface area contributed by atoms with Crippen molar-refractivity contribution in [3.63, 3.8) is 0 Å². The van der Waals surface area contributed by atoms with Gasteiger partial charge in [0.1, 0.15) is 5.82 Å². The number of amides is 1. The van der Waals surface area contributed by atoms with Gasteiger partial charge in [0.25, 0.3) is 5.91 Å². The van der Waals surface area contributed by atoms with Crippen LogP contribution in [0.5, 0.6) is 0 Å². The van der Waals surface area contributed by atoms with Crippen LogP contribution in [0.1, 0.15) is 35.7 Å². The molecule has 2 rings (SSSR count). The zero-order chi connectivity index (χ0) is 14.9. The molecule has 0 bridgehead atoms. The first-order chi connectivity index (χ1) is 9.40. The Bertz CT molecular complexity index is 540. The highest BCUT2D eigenvalue weighted by Crippen LogP contribution is 2.29. The minimum absolute atomic E-state index is 0.119. The molecule has 1 saturated carbocycles. The van der Waals surface area contributed by atoms with Crippen molar-refractivity contribution < 1.29 is 19.1 Å². The highest BCUT2D eigenvalue weighted by molar-refractivity contribution is 5.96. The van der Waals surface area contributed by atoms with Crippen molar-refractivity contribution in [3.8, 4) is 0 Å². The van der Waals surface area contributed by atoms with Gasteiger partial charge in [0.05, 0.1) is 5.92 Å². The van der Waals surface area contributed by atoms with Crippen molar-refractivity contribution in [3.05, 3.63) is 35.1 Å². The minimum atomic E-state index is -0.917. The monoisotopic (exact) mass is 279 g/mol. The summed E-state index contributed by atoms with van der Waals surface area (Å²) in [5.74, 6) is -2.12. The lowest BCUT2D eigenvalue weighted by molar-refractivity contribution is -0.141. The number of carboxylic acid groups (broad SMARTS) is 1. The number of carbonyl (C=O) groups is 2. The number of aryl methyl sites for hydroxylation is 1. The number of carbonyl (C=O) groups excluding carboxylic acids is 1. The van der Waals surface area contributed by atoms with E-state index in [-0.39, 0.29) is 24.3 Å². The van der Waals surface area contributed by atoms with Gasteiger partial charge in [-0.05, 0) is 43.5 Å². The lowest BCUT2D eigenvalue weighted by Crippen LogP contribution is -2.38. The maximum absolute atomic E-state index is 13.1. The molecule has 0 saturated heterocycles. The molecule has 1 aliphatic rings. The van der Waals surface area contributed by atoms with Gasteiger partial charge in [0.15, 0.2) is 0 Å². The SMILES string of the molecule is Cc1cc(F)ccc1C(=O)N(CC(C)C(=O)O)C1CC1. The summed E-state index contributed by atoms with van der Waals surface area (Å²) in [4.78, 5) is 25.1. The fourth-order valence-corrected chi connectivity index (χ4v) is 2.18. The van der Waals surface area contributed by atoms with E-state index in [1.54, 1.807) is 18.7 Å². The number of nitrogens with zero attached hydrogens (tertiary/aromatic N) is 1. The average Bonchev–Trinajstić information content (AvgIpc) is 3.19. The zero-order valence-electron chi connectivity index (χ0n) is 11.6. The molecule has 1 fully saturated rings. The third kappa shape index (κ3) is 3.15. The van der Waals surface area contributed by atoms with E-state index < -0.39 is 11.9 Å². The van der Waals surface area contributed by atoms with Crippen LogP contribution in [0.2, 0.25) is 0 Å². The van der Waals surface area contributed by atoms with Gasteiger partial charge in [-0.25, -0.2) is 4.39 Å². The summed E-state index contributed by atoms with van der Waals surface area (Å²) in [5.41, 5.74) is 1.01. The van der Waals surface area contributed by atoms with Gasteiger partial charge in [-0.2, -0.15) is 0 Å². The van der Waals surface area contributed by atoms with Crippen LogP contribution in [0.25, 0.3) is 0 Å². The Hall–Kier alpha value is -1.91. The number of benzene rings is 1. The molecule has 0 radical (unpaired) electrons. The van der Waals surface area contributed by atoms with E-state index in [9.17, 15) is 14.0 Å². The third-order valence-corrected chi connectivity index (χ3v) is 3.56. The van der Waals surface area contributed by atoms with Gasteiger partial charge in [0, 0.05) is 18.2 Å². The van der Waals surface area contributed by atoms with Crippen LogP contribution in [0, 0.1) is 18.7 Å². The van der Waals surface area contributed by atoms with E-state index in [0.29, 0.717) is 11.1 Å². The molecule has 1 aromatic rings. The first-order valence-electron chi connectivity index (χ1n) is 6.70. The molecule has 1 aromatic carbocycles. The Balaban J connectivity index is 2.20. The molecule has 0 aliphatic heterocycles. The van der Waals surface area contributed by atoms with Crippen LogP contribution < -0.4 is 0 Å². The Morgan fingerprint density at radius 3 is 2.60 bits per heavy atom. The Kier molecular flexibility index (Phi) is 4.06. The third-order valence-electron chi connectivity index (χ3n) is 3.56. The van der Waals surface area contributed by atoms with Gasteiger partial charge in [-0.1, -0.05) is 6.92 Å². The van der Waals surface area contributed by atoms with Crippen molar-refractivity contribution in [1.82, 2.24) is 4.90 Å². The summed E-state index contributed by atoms with van der Waals surface area (Å²) in [6.07, 6.45) is 1.80. The molecule has 0 heterocycles. The van der Waals surface area contributed by atoms with Crippen LogP contribution in [0.3, 0.4) is 0 Å². The summed E-state index contributed by atoms with van der Waals surface area (Å²) >= 11 is 0. The van der Waals surface area contributed by atoms with E-state index in [2.05, 4.69) is 0 Å². The van der Waals surface area contributed by atoms with Gasteiger partial charge < -0.3 is 10.0 Å². The molecule has 20 heavy (non-hydrogen) atoms. The summed E-state index contributed by atoms with van der Waals surface area (Å²) in [5, 5.41) is 8.99. The summed E-state index contributed by atoms with van der Waals surface area (Å²) in [7, 11) is 0. The quantitative estimate of drug-likeness (QED) is 0.900. The highest BCUT2D eigenvalue weighted by Gasteiger charge is 2.35. The van der Waals surface area contributed by atoms with E-state index in [4.69, 9.17) is 5.11 Å². The molecule has 1 amide bonds. The predicted molar refractivity (Wildman–Crippen MR) is 72.0 cm³/mol. The van der Waals surface area contributed by atoms with E-state index in [1.165, 1.54) is 18.2 Å². The molecule has 5 heteroatoms.